The van der Waals surface area contributed by atoms with Crippen LogP contribution in [0.5, 0.6) is 0 Å². The largest absolute Gasteiger partial charge is 0.254 e. The first-order chi connectivity index (χ1) is 5.05. The Balaban J connectivity index is 3.02. The van der Waals surface area contributed by atoms with E-state index in [4.69, 9.17) is 0 Å². The quantitative estimate of drug-likeness (QED) is 0.602. The van der Waals surface area contributed by atoms with Crippen molar-refractivity contribution in [3.05, 3.63) is 12.3 Å². The van der Waals surface area contributed by atoms with Gasteiger partial charge >= 0.3 is 0 Å². The van der Waals surface area contributed by atoms with Gasteiger partial charge in [0.2, 0.25) is 0 Å². The number of nitrogens with zero attached hydrogens (tertiary/aromatic N) is 2. The lowest BCUT2D eigenvalue weighted by Crippen LogP contribution is -2.23. The van der Waals surface area contributed by atoms with Crippen LogP contribution in [-0.2, 0) is 5.54 Å². The van der Waals surface area contributed by atoms with Crippen molar-refractivity contribution in [3.63, 3.8) is 0 Å². The average molecular weight is 170 g/mol. The van der Waals surface area contributed by atoms with E-state index >= 15 is 0 Å². The summed E-state index contributed by atoms with van der Waals surface area (Å²) in [5.41, 5.74) is 0.0991. The Kier molecular flexibility index (Phi) is 2.28. The first-order valence-corrected chi connectivity index (χ1v) is 4.86. The summed E-state index contributed by atoms with van der Waals surface area (Å²) in [6.45, 7) is 6.46. The van der Waals surface area contributed by atoms with Crippen LogP contribution in [0.25, 0.3) is 0 Å². The van der Waals surface area contributed by atoms with Crippen LogP contribution < -0.4 is 0 Å². The molecular formula is C8H14N2S. The average Bonchev–Trinajstić information content (AvgIpc) is 2.31. The summed E-state index contributed by atoms with van der Waals surface area (Å²) >= 11 is 1.73. The highest BCUT2D eigenvalue weighted by molar-refractivity contribution is 7.98. The smallest absolute Gasteiger partial charge is 0.0943 e. The Bertz CT molecular complexity index is 234. The zero-order valence-electron chi connectivity index (χ0n) is 7.46. The van der Waals surface area contributed by atoms with Crippen LogP contribution in [0.4, 0.5) is 0 Å². The minimum absolute atomic E-state index is 0.0991. The Morgan fingerprint density at radius 2 is 2.09 bits per heavy atom. The van der Waals surface area contributed by atoms with Gasteiger partial charge in [-0.05, 0) is 33.1 Å². The van der Waals surface area contributed by atoms with E-state index in [0.717, 1.165) is 0 Å². The summed E-state index contributed by atoms with van der Waals surface area (Å²) in [5, 5.41) is 5.47. The van der Waals surface area contributed by atoms with E-state index in [1.165, 1.54) is 5.03 Å². The molecule has 0 saturated heterocycles. The summed E-state index contributed by atoms with van der Waals surface area (Å²) in [5.74, 6) is 0. The fraction of sp³-hybridized carbons (Fsp3) is 0.625. The molecule has 0 radical (unpaired) electrons. The fourth-order valence-corrected chi connectivity index (χ4v) is 1.64. The van der Waals surface area contributed by atoms with E-state index in [1.54, 1.807) is 11.8 Å². The second-order valence-electron chi connectivity index (χ2n) is 3.46. The van der Waals surface area contributed by atoms with Gasteiger partial charge in [-0.2, -0.15) is 5.10 Å². The minimum Gasteiger partial charge on any atom is -0.254 e. The summed E-state index contributed by atoms with van der Waals surface area (Å²) in [7, 11) is 0. The molecule has 0 saturated carbocycles. The molecule has 0 unspecified atom stereocenters. The van der Waals surface area contributed by atoms with E-state index < -0.39 is 0 Å². The molecule has 0 spiro atoms. The number of aromatic nitrogens is 2. The van der Waals surface area contributed by atoms with Gasteiger partial charge in [-0.1, -0.05) is 0 Å². The lowest BCUT2D eigenvalue weighted by Gasteiger charge is -2.21. The Morgan fingerprint density at radius 3 is 2.45 bits per heavy atom. The van der Waals surface area contributed by atoms with Crippen molar-refractivity contribution in [2.75, 3.05) is 6.26 Å². The molecule has 1 heterocycles. The van der Waals surface area contributed by atoms with E-state index in [9.17, 15) is 0 Å². The van der Waals surface area contributed by atoms with Gasteiger partial charge in [0.05, 0.1) is 16.8 Å². The van der Waals surface area contributed by atoms with Gasteiger partial charge in [0.1, 0.15) is 0 Å². The Labute approximate surface area is 72.0 Å². The Hall–Kier alpha value is -0.440. The molecule has 1 rings (SSSR count). The number of rotatable bonds is 1. The summed E-state index contributed by atoms with van der Waals surface area (Å²) in [6, 6.07) is 2.04. The van der Waals surface area contributed by atoms with Gasteiger partial charge in [-0.15, -0.1) is 11.8 Å². The number of hydrogen-bond acceptors (Lipinski definition) is 2. The van der Waals surface area contributed by atoms with Crippen LogP contribution in [0.2, 0.25) is 0 Å². The molecule has 1 aromatic heterocycles. The molecule has 0 aliphatic carbocycles. The number of thioether (sulfide) groups is 1. The van der Waals surface area contributed by atoms with Crippen molar-refractivity contribution in [3.8, 4) is 0 Å². The predicted molar refractivity (Wildman–Crippen MR) is 49.0 cm³/mol. The summed E-state index contributed by atoms with van der Waals surface area (Å²) < 4.78 is 2.04. The highest BCUT2D eigenvalue weighted by atomic mass is 32.2. The normalized spacial score (nSPS) is 12.0. The van der Waals surface area contributed by atoms with Crippen LogP contribution in [0.1, 0.15) is 20.8 Å². The first-order valence-electron chi connectivity index (χ1n) is 3.64. The molecule has 3 heteroatoms. The second-order valence-corrected chi connectivity index (χ2v) is 4.28. The summed E-state index contributed by atoms with van der Waals surface area (Å²) in [4.78, 5) is 0. The van der Waals surface area contributed by atoms with Crippen molar-refractivity contribution in [1.82, 2.24) is 9.78 Å². The molecule has 0 bridgehead atoms. The first kappa shape index (κ1) is 8.65. The molecule has 62 valence electrons. The highest BCUT2D eigenvalue weighted by Gasteiger charge is 2.15. The minimum atomic E-state index is 0.0991. The van der Waals surface area contributed by atoms with Crippen LogP contribution in [0.15, 0.2) is 17.3 Å². The number of hydrogen-bond donors (Lipinski definition) is 0. The molecule has 0 amide bonds. The molecule has 11 heavy (non-hydrogen) atoms. The molecule has 0 atom stereocenters. The fourth-order valence-electron chi connectivity index (χ4n) is 0.950. The van der Waals surface area contributed by atoms with Gasteiger partial charge in [0.25, 0.3) is 0 Å². The maximum absolute atomic E-state index is 4.25. The highest BCUT2D eigenvalue weighted by Crippen LogP contribution is 2.21. The third kappa shape index (κ3) is 1.77. The maximum Gasteiger partial charge on any atom is 0.0943 e. The summed E-state index contributed by atoms with van der Waals surface area (Å²) in [6.07, 6.45) is 3.91. The third-order valence-electron chi connectivity index (χ3n) is 1.45. The van der Waals surface area contributed by atoms with E-state index in [2.05, 4.69) is 32.1 Å². The van der Waals surface area contributed by atoms with Crippen molar-refractivity contribution in [1.29, 1.82) is 0 Å². The zero-order valence-corrected chi connectivity index (χ0v) is 8.27. The van der Waals surface area contributed by atoms with Gasteiger partial charge in [0.15, 0.2) is 0 Å². The van der Waals surface area contributed by atoms with Gasteiger partial charge in [-0.25, -0.2) is 0 Å². The van der Waals surface area contributed by atoms with Crippen molar-refractivity contribution in [2.45, 2.75) is 31.3 Å². The molecule has 0 fully saturated rings. The second kappa shape index (κ2) is 2.89. The van der Waals surface area contributed by atoms with E-state index in [1.807, 2.05) is 16.9 Å². The third-order valence-corrected chi connectivity index (χ3v) is 2.18. The molecule has 0 aliphatic heterocycles. The lowest BCUT2D eigenvalue weighted by molar-refractivity contribution is 0.330. The van der Waals surface area contributed by atoms with Crippen molar-refractivity contribution in [2.24, 2.45) is 0 Å². The molecule has 1 aromatic rings. The maximum atomic E-state index is 4.25. The molecule has 0 N–H and O–H groups in total. The molecule has 2 nitrogen and oxygen atoms in total. The van der Waals surface area contributed by atoms with Crippen LogP contribution in [0.3, 0.4) is 0 Å². The topological polar surface area (TPSA) is 17.8 Å². The van der Waals surface area contributed by atoms with Crippen LogP contribution >= 0.6 is 11.8 Å². The molecule has 0 aromatic carbocycles. The van der Waals surface area contributed by atoms with Crippen molar-refractivity contribution < 1.29 is 0 Å². The molecular weight excluding hydrogens is 156 g/mol. The zero-order chi connectivity index (χ0) is 8.48. The van der Waals surface area contributed by atoms with Crippen molar-refractivity contribution >= 4 is 11.8 Å². The Morgan fingerprint density at radius 1 is 1.45 bits per heavy atom. The van der Waals surface area contributed by atoms with Gasteiger partial charge < -0.3 is 0 Å². The van der Waals surface area contributed by atoms with Gasteiger partial charge in [0, 0.05) is 0 Å². The molecule has 0 aliphatic rings. The van der Waals surface area contributed by atoms with Crippen LogP contribution in [0, 0.1) is 0 Å². The standard InChI is InChI=1S/C8H14N2S/c1-8(2,3)10-7(11-4)5-6-9-10/h5-6H,1-4H3. The van der Waals surface area contributed by atoms with E-state index in [0.29, 0.717) is 0 Å². The van der Waals surface area contributed by atoms with Crippen LogP contribution in [-0.4, -0.2) is 16.0 Å². The van der Waals surface area contributed by atoms with Gasteiger partial charge in [-0.3, -0.25) is 4.68 Å². The predicted octanol–water partition coefficient (Wildman–Crippen LogP) is 2.36. The monoisotopic (exact) mass is 170 g/mol. The lowest BCUT2D eigenvalue weighted by atomic mass is 10.1. The van der Waals surface area contributed by atoms with E-state index in [-0.39, 0.29) is 5.54 Å². The SMILES string of the molecule is CSc1ccnn1C(C)(C)C.